The summed E-state index contributed by atoms with van der Waals surface area (Å²) in [6.45, 7) is 0. The van der Waals surface area contributed by atoms with E-state index in [2.05, 4.69) is 0 Å². The number of ether oxygens (including phenoxy) is 1. The predicted molar refractivity (Wildman–Crippen MR) is 63.8 cm³/mol. The molecule has 0 saturated carbocycles. The summed E-state index contributed by atoms with van der Waals surface area (Å²) in [4.78, 5) is 22.6. The predicted octanol–water partition coefficient (Wildman–Crippen LogP) is 1.73. The Labute approximate surface area is 98.0 Å². The van der Waals surface area contributed by atoms with Crippen molar-refractivity contribution in [3.63, 3.8) is 0 Å². The van der Waals surface area contributed by atoms with Crippen molar-refractivity contribution in [1.82, 2.24) is 0 Å². The normalized spacial score (nSPS) is 10.2. The Morgan fingerprint density at radius 2 is 1.94 bits per heavy atom. The zero-order valence-corrected chi connectivity index (χ0v) is 9.27. The van der Waals surface area contributed by atoms with Crippen LogP contribution in [0.15, 0.2) is 36.4 Å². The molecule has 0 aliphatic rings. The number of primary amides is 1. The van der Waals surface area contributed by atoms with Crippen molar-refractivity contribution < 1.29 is 14.3 Å². The van der Waals surface area contributed by atoms with Gasteiger partial charge in [-0.25, -0.2) is 4.79 Å². The molecule has 2 aromatic rings. The first-order valence-corrected chi connectivity index (χ1v) is 5.04. The average Bonchev–Trinajstić information content (AvgIpc) is 2.36. The Bertz CT molecular complexity index is 605. The molecule has 1 amide bonds. The first kappa shape index (κ1) is 11.1. The van der Waals surface area contributed by atoms with Crippen LogP contribution in [-0.4, -0.2) is 19.0 Å². The Morgan fingerprint density at radius 3 is 2.59 bits per heavy atom. The lowest BCUT2D eigenvalue weighted by Crippen LogP contribution is -2.10. The molecule has 2 aromatic carbocycles. The van der Waals surface area contributed by atoms with Crippen molar-refractivity contribution in [2.75, 3.05) is 7.11 Å². The number of esters is 1. The number of rotatable bonds is 2. The average molecular weight is 229 g/mol. The molecule has 4 heteroatoms. The molecule has 86 valence electrons. The van der Waals surface area contributed by atoms with E-state index in [9.17, 15) is 9.59 Å². The van der Waals surface area contributed by atoms with E-state index in [-0.39, 0.29) is 0 Å². The van der Waals surface area contributed by atoms with Crippen molar-refractivity contribution in [1.29, 1.82) is 0 Å². The first-order valence-electron chi connectivity index (χ1n) is 5.04. The van der Waals surface area contributed by atoms with Gasteiger partial charge in [0.1, 0.15) is 0 Å². The van der Waals surface area contributed by atoms with E-state index in [4.69, 9.17) is 10.5 Å². The molecular formula is C13H11NO3. The smallest absolute Gasteiger partial charge is 0.338 e. The summed E-state index contributed by atoms with van der Waals surface area (Å²) in [5, 5.41) is 1.52. The number of carbonyl (C=O) groups is 2. The van der Waals surface area contributed by atoms with Gasteiger partial charge in [-0.1, -0.05) is 18.2 Å². The zero-order valence-electron chi connectivity index (χ0n) is 9.27. The highest BCUT2D eigenvalue weighted by Gasteiger charge is 2.10. The molecule has 0 aliphatic heterocycles. The highest BCUT2D eigenvalue weighted by atomic mass is 16.5. The number of methoxy groups -OCH3 is 1. The van der Waals surface area contributed by atoms with Gasteiger partial charge in [0, 0.05) is 5.56 Å². The van der Waals surface area contributed by atoms with Gasteiger partial charge in [0.05, 0.1) is 12.7 Å². The molecule has 2 rings (SSSR count). The highest BCUT2D eigenvalue weighted by molar-refractivity contribution is 6.06. The van der Waals surface area contributed by atoms with Gasteiger partial charge in [-0.15, -0.1) is 0 Å². The Morgan fingerprint density at radius 1 is 1.18 bits per heavy atom. The number of carbonyl (C=O) groups excluding carboxylic acids is 2. The van der Waals surface area contributed by atoms with Crippen molar-refractivity contribution in [2.24, 2.45) is 5.73 Å². The van der Waals surface area contributed by atoms with Crippen molar-refractivity contribution in [3.05, 3.63) is 47.5 Å². The second-order valence-corrected chi connectivity index (χ2v) is 3.60. The lowest BCUT2D eigenvalue weighted by atomic mass is 10.0. The van der Waals surface area contributed by atoms with Gasteiger partial charge in [0.2, 0.25) is 5.91 Å². The maximum atomic E-state index is 11.5. The summed E-state index contributed by atoms with van der Waals surface area (Å²) in [6.07, 6.45) is 0. The van der Waals surface area contributed by atoms with Crippen LogP contribution in [0.4, 0.5) is 0 Å². The van der Waals surface area contributed by atoms with E-state index in [1.165, 1.54) is 7.11 Å². The Balaban J connectivity index is 2.67. The number of hydrogen-bond donors (Lipinski definition) is 1. The number of hydrogen-bond acceptors (Lipinski definition) is 3. The molecule has 0 radical (unpaired) electrons. The fourth-order valence-electron chi connectivity index (χ4n) is 1.72. The Kier molecular flexibility index (Phi) is 2.78. The van der Waals surface area contributed by atoms with Gasteiger partial charge in [-0.2, -0.15) is 0 Å². The van der Waals surface area contributed by atoms with Crippen LogP contribution in [0.5, 0.6) is 0 Å². The van der Waals surface area contributed by atoms with Crippen LogP contribution in [0.1, 0.15) is 20.7 Å². The van der Waals surface area contributed by atoms with Crippen LogP contribution in [0.3, 0.4) is 0 Å². The third kappa shape index (κ3) is 1.97. The highest BCUT2D eigenvalue weighted by Crippen LogP contribution is 2.20. The zero-order chi connectivity index (χ0) is 12.4. The molecule has 0 aliphatic carbocycles. The van der Waals surface area contributed by atoms with Gasteiger partial charge >= 0.3 is 5.97 Å². The second-order valence-electron chi connectivity index (χ2n) is 3.60. The lowest BCUT2D eigenvalue weighted by Gasteiger charge is -2.05. The van der Waals surface area contributed by atoms with Crippen LogP contribution in [0.2, 0.25) is 0 Å². The molecule has 0 fully saturated rings. The molecule has 0 spiro atoms. The van der Waals surface area contributed by atoms with E-state index in [1.807, 2.05) is 6.07 Å². The maximum absolute atomic E-state index is 11.5. The molecule has 2 N–H and O–H groups in total. The molecule has 4 nitrogen and oxygen atoms in total. The third-order valence-corrected chi connectivity index (χ3v) is 2.57. The van der Waals surface area contributed by atoms with E-state index >= 15 is 0 Å². The van der Waals surface area contributed by atoms with Crippen LogP contribution in [0, 0.1) is 0 Å². The summed E-state index contributed by atoms with van der Waals surface area (Å²) in [5.41, 5.74) is 6.09. The van der Waals surface area contributed by atoms with Gasteiger partial charge in [0.25, 0.3) is 0 Å². The molecule has 0 heterocycles. The maximum Gasteiger partial charge on any atom is 0.338 e. The largest absolute Gasteiger partial charge is 0.465 e. The fourth-order valence-corrected chi connectivity index (χ4v) is 1.72. The molecule has 17 heavy (non-hydrogen) atoms. The molecule has 0 atom stereocenters. The lowest BCUT2D eigenvalue weighted by molar-refractivity contribution is 0.0603. The quantitative estimate of drug-likeness (QED) is 0.797. The number of benzene rings is 2. The minimum absolute atomic E-state index is 0.401. The van der Waals surface area contributed by atoms with Crippen molar-refractivity contribution in [2.45, 2.75) is 0 Å². The van der Waals surface area contributed by atoms with Gasteiger partial charge in [-0.3, -0.25) is 4.79 Å². The summed E-state index contributed by atoms with van der Waals surface area (Å²) in [6, 6.07) is 10.2. The van der Waals surface area contributed by atoms with Crippen LogP contribution in [-0.2, 0) is 4.74 Å². The monoisotopic (exact) mass is 229 g/mol. The first-order chi connectivity index (χ1) is 8.13. The summed E-state index contributed by atoms with van der Waals surface area (Å²) in [7, 11) is 1.33. The number of fused-ring (bicyclic) bond motifs is 1. The minimum Gasteiger partial charge on any atom is -0.465 e. The van der Waals surface area contributed by atoms with Crippen LogP contribution >= 0.6 is 0 Å². The summed E-state index contributed by atoms with van der Waals surface area (Å²) >= 11 is 0. The topological polar surface area (TPSA) is 69.4 Å². The van der Waals surface area contributed by atoms with E-state index in [1.54, 1.807) is 30.3 Å². The SMILES string of the molecule is COC(=O)c1cccc2cc(C(N)=O)ccc12. The second kappa shape index (κ2) is 4.25. The molecule has 0 unspecified atom stereocenters. The van der Waals surface area contributed by atoms with Crippen molar-refractivity contribution in [3.8, 4) is 0 Å². The van der Waals surface area contributed by atoms with E-state index < -0.39 is 11.9 Å². The van der Waals surface area contributed by atoms with Crippen molar-refractivity contribution >= 4 is 22.6 Å². The van der Waals surface area contributed by atoms with Crippen LogP contribution < -0.4 is 5.73 Å². The van der Waals surface area contributed by atoms with E-state index in [0.717, 1.165) is 10.8 Å². The fraction of sp³-hybridized carbons (Fsp3) is 0.0769. The minimum atomic E-state index is -0.490. The third-order valence-electron chi connectivity index (χ3n) is 2.57. The molecule has 0 aromatic heterocycles. The van der Waals surface area contributed by atoms with Crippen LogP contribution in [0.25, 0.3) is 10.8 Å². The summed E-state index contributed by atoms with van der Waals surface area (Å²) < 4.78 is 4.69. The van der Waals surface area contributed by atoms with Gasteiger partial charge in [0.15, 0.2) is 0 Å². The van der Waals surface area contributed by atoms with Gasteiger partial charge < -0.3 is 10.5 Å². The molecule has 0 bridgehead atoms. The summed E-state index contributed by atoms with van der Waals surface area (Å²) in [5.74, 6) is -0.891. The standard InChI is InChI=1S/C13H11NO3/c1-17-13(16)11-4-2-3-8-7-9(12(14)15)5-6-10(8)11/h2-7H,1H3,(H2,14,15). The number of nitrogens with two attached hydrogens (primary N) is 1. The molecular weight excluding hydrogens is 218 g/mol. The Hall–Kier alpha value is -2.36. The number of amides is 1. The molecule has 0 saturated heterocycles. The van der Waals surface area contributed by atoms with E-state index in [0.29, 0.717) is 11.1 Å². The van der Waals surface area contributed by atoms with Gasteiger partial charge in [-0.05, 0) is 29.0 Å².